The van der Waals surface area contributed by atoms with Crippen LogP contribution in [0.15, 0.2) is 9.98 Å². The first-order valence-corrected chi connectivity index (χ1v) is 14.2. The second-order valence-electron chi connectivity index (χ2n) is 10.1. The summed E-state index contributed by atoms with van der Waals surface area (Å²) in [5.41, 5.74) is 21.1. The minimum atomic E-state index is -1.42. The molecule has 13 N–H and O–H groups in total. The quantitative estimate of drug-likeness (QED) is 0.0394. The van der Waals surface area contributed by atoms with Crippen LogP contribution >= 0.6 is 0 Å². The van der Waals surface area contributed by atoms with Crippen molar-refractivity contribution in [2.45, 2.75) is 103 Å². The standard InChI is InChI=1S/C26H49N9O7/c1-3-16(2)21(23(40)34-17(24(41)42)11-10-14-32-26(29)30)35-22(39)18(15-20(37)38)33-19(36)12-8-6-4-5-7-9-13-31-25(27)28/h16-18,21H,3-15H2,1-2H3,(H,33,36)(H,34,40)(H,35,39)(H,37,38)(H,41,42)(H4,27,28,31)(H4,29,30,32)/t16-,17-,18-,21-/m0/s1. The number of carboxylic acid groups (broad SMARTS) is 2. The third-order valence-corrected chi connectivity index (χ3v) is 6.49. The van der Waals surface area contributed by atoms with E-state index in [0.717, 1.165) is 32.1 Å². The Hall–Kier alpha value is -4.11. The summed E-state index contributed by atoms with van der Waals surface area (Å²) in [5, 5.41) is 26.2. The van der Waals surface area contributed by atoms with Crippen molar-refractivity contribution in [3.63, 3.8) is 0 Å². The molecule has 0 radical (unpaired) electrons. The lowest BCUT2D eigenvalue weighted by molar-refractivity contribution is -0.143. The van der Waals surface area contributed by atoms with Crippen LogP contribution in [0.2, 0.25) is 0 Å². The molecule has 0 fully saturated rings. The van der Waals surface area contributed by atoms with Gasteiger partial charge in [-0.15, -0.1) is 0 Å². The second-order valence-corrected chi connectivity index (χ2v) is 10.1. The van der Waals surface area contributed by atoms with Gasteiger partial charge in [0.1, 0.15) is 18.1 Å². The van der Waals surface area contributed by atoms with Crippen molar-refractivity contribution < 1.29 is 34.2 Å². The maximum atomic E-state index is 13.0. The molecule has 0 unspecified atom stereocenters. The van der Waals surface area contributed by atoms with Gasteiger partial charge in [-0.05, 0) is 31.6 Å². The normalized spacial score (nSPS) is 13.5. The lowest BCUT2D eigenvalue weighted by atomic mass is 9.97. The first-order valence-electron chi connectivity index (χ1n) is 14.2. The van der Waals surface area contributed by atoms with Crippen molar-refractivity contribution in [1.82, 2.24) is 16.0 Å². The minimum Gasteiger partial charge on any atom is -0.481 e. The zero-order valence-corrected chi connectivity index (χ0v) is 24.6. The average molecular weight is 600 g/mol. The van der Waals surface area contributed by atoms with Gasteiger partial charge in [-0.25, -0.2) is 4.79 Å². The molecule has 16 nitrogen and oxygen atoms in total. The van der Waals surface area contributed by atoms with E-state index in [0.29, 0.717) is 19.4 Å². The van der Waals surface area contributed by atoms with Crippen molar-refractivity contribution in [3.8, 4) is 0 Å². The lowest BCUT2D eigenvalue weighted by Crippen LogP contribution is -2.58. The number of unbranched alkanes of at least 4 members (excludes halogenated alkanes) is 5. The number of nitrogens with zero attached hydrogens (tertiary/aromatic N) is 2. The molecule has 0 aromatic heterocycles. The van der Waals surface area contributed by atoms with Gasteiger partial charge in [0.05, 0.1) is 6.42 Å². The highest BCUT2D eigenvalue weighted by Gasteiger charge is 2.32. The van der Waals surface area contributed by atoms with Crippen LogP contribution in [0, 0.1) is 5.92 Å². The Morgan fingerprint density at radius 3 is 1.79 bits per heavy atom. The summed E-state index contributed by atoms with van der Waals surface area (Å²) in [4.78, 5) is 69.4. The Labute approximate surface area is 246 Å². The van der Waals surface area contributed by atoms with Crippen LogP contribution < -0.4 is 38.9 Å². The van der Waals surface area contributed by atoms with Crippen molar-refractivity contribution in [2.24, 2.45) is 38.8 Å². The molecule has 3 amide bonds. The molecular formula is C26H49N9O7. The van der Waals surface area contributed by atoms with Gasteiger partial charge in [0.25, 0.3) is 0 Å². The van der Waals surface area contributed by atoms with E-state index < -0.39 is 60.1 Å². The number of hydrogen-bond acceptors (Lipinski definition) is 7. The Bertz CT molecular complexity index is 935. The SMILES string of the molecule is CC[C@H](C)[C@H](NC(=O)[C@H](CC(=O)O)NC(=O)CCCCCCCCN=C(N)N)C(=O)N[C@@H](CCCN=C(N)N)C(=O)O. The third kappa shape index (κ3) is 18.3. The molecule has 0 aromatic rings. The van der Waals surface area contributed by atoms with Crippen LogP contribution in [0.25, 0.3) is 0 Å². The first kappa shape index (κ1) is 37.9. The highest BCUT2D eigenvalue weighted by Crippen LogP contribution is 2.11. The molecule has 0 bridgehead atoms. The maximum absolute atomic E-state index is 13.0. The summed E-state index contributed by atoms with van der Waals surface area (Å²) in [6.45, 7) is 4.20. The Kier molecular flexibility index (Phi) is 19.5. The maximum Gasteiger partial charge on any atom is 0.326 e. The number of rotatable bonds is 23. The first-order chi connectivity index (χ1) is 19.8. The largest absolute Gasteiger partial charge is 0.481 e. The van der Waals surface area contributed by atoms with E-state index in [9.17, 15) is 34.2 Å². The number of guanidine groups is 2. The molecule has 0 saturated heterocycles. The van der Waals surface area contributed by atoms with Gasteiger partial charge < -0.3 is 49.1 Å². The molecule has 0 spiro atoms. The summed E-state index contributed by atoms with van der Waals surface area (Å²) in [7, 11) is 0. The predicted molar refractivity (Wildman–Crippen MR) is 158 cm³/mol. The number of nitrogens with one attached hydrogen (secondary N) is 3. The number of carbonyl (C=O) groups is 5. The second kappa shape index (κ2) is 21.6. The van der Waals surface area contributed by atoms with Gasteiger partial charge in [0, 0.05) is 19.5 Å². The summed E-state index contributed by atoms with van der Waals surface area (Å²) in [6, 6.07) is -3.84. The van der Waals surface area contributed by atoms with E-state index >= 15 is 0 Å². The van der Waals surface area contributed by atoms with E-state index in [-0.39, 0.29) is 37.7 Å². The molecule has 0 saturated carbocycles. The zero-order valence-electron chi connectivity index (χ0n) is 24.6. The van der Waals surface area contributed by atoms with Crippen molar-refractivity contribution >= 4 is 41.6 Å². The molecule has 4 atom stereocenters. The molecule has 0 aromatic carbocycles. The van der Waals surface area contributed by atoms with Crippen LogP contribution in [0.1, 0.15) is 84.5 Å². The van der Waals surface area contributed by atoms with Gasteiger partial charge in [-0.3, -0.25) is 29.2 Å². The highest BCUT2D eigenvalue weighted by molar-refractivity contribution is 5.95. The van der Waals surface area contributed by atoms with Gasteiger partial charge >= 0.3 is 11.9 Å². The molecule has 240 valence electrons. The van der Waals surface area contributed by atoms with Crippen LogP contribution in [0.4, 0.5) is 0 Å². The summed E-state index contributed by atoms with van der Waals surface area (Å²) < 4.78 is 0. The topological polar surface area (TPSA) is 291 Å². The molecule has 42 heavy (non-hydrogen) atoms. The number of nitrogens with two attached hydrogens (primary N) is 4. The number of carboxylic acids is 2. The van der Waals surface area contributed by atoms with E-state index in [2.05, 4.69) is 25.9 Å². The monoisotopic (exact) mass is 599 g/mol. The molecule has 0 heterocycles. The number of aliphatic carboxylic acids is 2. The summed E-state index contributed by atoms with van der Waals surface area (Å²) >= 11 is 0. The van der Waals surface area contributed by atoms with Crippen molar-refractivity contribution in [3.05, 3.63) is 0 Å². The number of hydrogen-bond donors (Lipinski definition) is 9. The van der Waals surface area contributed by atoms with Gasteiger partial charge in [0.15, 0.2) is 11.9 Å². The Morgan fingerprint density at radius 2 is 1.26 bits per heavy atom. The number of amides is 3. The van der Waals surface area contributed by atoms with Gasteiger partial charge in [-0.2, -0.15) is 0 Å². The van der Waals surface area contributed by atoms with Crippen LogP contribution in [-0.2, 0) is 24.0 Å². The predicted octanol–water partition coefficient (Wildman–Crippen LogP) is -0.896. The lowest BCUT2D eigenvalue weighted by Gasteiger charge is -2.27. The average Bonchev–Trinajstić information content (AvgIpc) is 2.90. The third-order valence-electron chi connectivity index (χ3n) is 6.49. The van der Waals surface area contributed by atoms with E-state index in [1.165, 1.54) is 0 Å². The number of carbonyl (C=O) groups excluding carboxylic acids is 3. The van der Waals surface area contributed by atoms with E-state index in [1.807, 2.05) is 0 Å². The van der Waals surface area contributed by atoms with Crippen LogP contribution in [-0.4, -0.2) is 83.0 Å². The van der Waals surface area contributed by atoms with E-state index in [1.54, 1.807) is 13.8 Å². The Morgan fingerprint density at radius 1 is 0.714 bits per heavy atom. The molecule has 0 aliphatic carbocycles. The van der Waals surface area contributed by atoms with Crippen LogP contribution in [0.3, 0.4) is 0 Å². The van der Waals surface area contributed by atoms with Gasteiger partial charge in [0.2, 0.25) is 17.7 Å². The molecular weight excluding hydrogens is 550 g/mol. The fraction of sp³-hybridized carbons (Fsp3) is 0.731. The molecule has 16 heteroatoms. The van der Waals surface area contributed by atoms with Crippen molar-refractivity contribution in [1.29, 1.82) is 0 Å². The van der Waals surface area contributed by atoms with Crippen molar-refractivity contribution in [2.75, 3.05) is 13.1 Å². The summed E-state index contributed by atoms with van der Waals surface area (Å²) in [5.74, 6) is -5.17. The fourth-order valence-corrected chi connectivity index (χ4v) is 3.94. The summed E-state index contributed by atoms with van der Waals surface area (Å²) in [6.07, 6.45) is 5.15. The Balaban J connectivity index is 5.07. The zero-order chi connectivity index (χ0) is 32.1. The van der Waals surface area contributed by atoms with Crippen LogP contribution in [0.5, 0.6) is 0 Å². The molecule has 0 aliphatic heterocycles. The van der Waals surface area contributed by atoms with Gasteiger partial charge in [-0.1, -0.05) is 46.0 Å². The minimum absolute atomic E-state index is 0.0364. The highest BCUT2D eigenvalue weighted by atomic mass is 16.4. The molecule has 0 aliphatic rings. The number of aliphatic imine (C=N–C) groups is 2. The molecule has 0 rings (SSSR count). The smallest absolute Gasteiger partial charge is 0.326 e. The van der Waals surface area contributed by atoms with E-state index in [4.69, 9.17) is 22.9 Å². The fourth-order valence-electron chi connectivity index (χ4n) is 3.94.